The van der Waals surface area contributed by atoms with Gasteiger partial charge in [-0.05, 0) is 74.9 Å². The molecule has 0 N–H and O–H groups in total. The average molecular weight is 455 g/mol. The molecule has 0 aliphatic carbocycles. The number of anilines is 1. The first-order chi connectivity index (χ1) is 15.4. The molecule has 3 rings (SSSR count). The normalized spacial score (nSPS) is 14.9. The van der Waals surface area contributed by atoms with Crippen LogP contribution in [0, 0.1) is 13.8 Å². The third-order valence-corrected chi connectivity index (χ3v) is 6.33. The summed E-state index contributed by atoms with van der Waals surface area (Å²) in [5.41, 5.74) is 3.94. The number of methoxy groups -OCH3 is 1. The van der Waals surface area contributed by atoms with Crippen LogP contribution >= 0.6 is 11.8 Å². The maximum Gasteiger partial charge on any atom is 0.293 e. The summed E-state index contributed by atoms with van der Waals surface area (Å²) in [6.07, 6.45) is 1.72. The molecule has 0 unspecified atom stereocenters. The average Bonchev–Trinajstić information content (AvgIpc) is 3.05. The Kier molecular flexibility index (Phi) is 7.85. The molecular formula is C25H30N2O4S. The van der Waals surface area contributed by atoms with Crippen LogP contribution in [0.2, 0.25) is 0 Å². The van der Waals surface area contributed by atoms with E-state index in [2.05, 4.69) is 18.7 Å². The number of carbonyl (C=O) groups is 2. The number of benzene rings is 2. The Hall–Kier alpha value is -2.93. The summed E-state index contributed by atoms with van der Waals surface area (Å²) in [4.78, 5) is 29.2. The second-order valence-electron chi connectivity index (χ2n) is 7.55. The zero-order chi connectivity index (χ0) is 23.3. The molecule has 0 radical (unpaired) electrons. The first-order valence-corrected chi connectivity index (χ1v) is 11.6. The molecule has 1 heterocycles. The summed E-state index contributed by atoms with van der Waals surface area (Å²) in [5, 5.41) is -0.287. The number of rotatable bonds is 9. The van der Waals surface area contributed by atoms with E-state index < -0.39 is 0 Å². The molecule has 0 aromatic heterocycles. The van der Waals surface area contributed by atoms with E-state index in [9.17, 15) is 9.59 Å². The van der Waals surface area contributed by atoms with Crippen LogP contribution in [0.5, 0.6) is 11.5 Å². The second-order valence-corrected chi connectivity index (χ2v) is 8.54. The van der Waals surface area contributed by atoms with Gasteiger partial charge in [0.05, 0.1) is 18.6 Å². The zero-order valence-electron chi connectivity index (χ0n) is 19.3. The lowest BCUT2D eigenvalue weighted by Crippen LogP contribution is -2.32. The van der Waals surface area contributed by atoms with Crippen molar-refractivity contribution < 1.29 is 19.1 Å². The van der Waals surface area contributed by atoms with E-state index >= 15 is 0 Å². The fraction of sp³-hybridized carbons (Fsp3) is 0.360. The first-order valence-electron chi connectivity index (χ1n) is 10.8. The van der Waals surface area contributed by atoms with Gasteiger partial charge in [0.15, 0.2) is 0 Å². The van der Waals surface area contributed by atoms with E-state index in [1.165, 1.54) is 4.90 Å². The lowest BCUT2D eigenvalue weighted by Gasteiger charge is -2.22. The van der Waals surface area contributed by atoms with Crippen molar-refractivity contribution in [3.63, 3.8) is 0 Å². The Morgan fingerprint density at radius 1 is 1.03 bits per heavy atom. The maximum atomic E-state index is 12.9. The summed E-state index contributed by atoms with van der Waals surface area (Å²) >= 11 is 0.944. The lowest BCUT2D eigenvalue weighted by atomic mass is 10.1. The van der Waals surface area contributed by atoms with Crippen LogP contribution in [0.15, 0.2) is 41.3 Å². The third-order valence-electron chi connectivity index (χ3n) is 5.42. The Balaban J connectivity index is 1.71. The van der Waals surface area contributed by atoms with Gasteiger partial charge in [0, 0.05) is 30.4 Å². The highest BCUT2D eigenvalue weighted by atomic mass is 32.2. The highest BCUT2D eigenvalue weighted by molar-refractivity contribution is 8.18. The molecule has 7 heteroatoms. The fourth-order valence-electron chi connectivity index (χ4n) is 3.55. The highest BCUT2D eigenvalue weighted by Crippen LogP contribution is 2.35. The van der Waals surface area contributed by atoms with Crippen LogP contribution in [0.4, 0.5) is 10.5 Å². The maximum absolute atomic E-state index is 12.9. The fourth-order valence-corrected chi connectivity index (χ4v) is 4.40. The SMILES string of the molecule is CCN(CC)c1ccc(/C=C2\SC(=O)N(CCOc3cc(C)ccc3C)C2=O)c(OC)c1. The first kappa shape index (κ1) is 23.7. The van der Waals surface area contributed by atoms with Gasteiger partial charge >= 0.3 is 0 Å². The molecular weight excluding hydrogens is 424 g/mol. The van der Waals surface area contributed by atoms with Crippen LogP contribution in [0.1, 0.15) is 30.5 Å². The minimum absolute atomic E-state index is 0.202. The monoisotopic (exact) mass is 454 g/mol. The molecule has 0 saturated carbocycles. The summed E-state index contributed by atoms with van der Waals surface area (Å²) in [5.74, 6) is 1.13. The number of carbonyl (C=O) groups excluding carboxylic acids is 2. The van der Waals surface area contributed by atoms with Crippen molar-refractivity contribution >= 4 is 34.7 Å². The molecule has 32 heavy (non-hydrogen) atoms. The van der Waals surface area contributed by atoms with Crippen molar-refractivity contribution in [3.05, 3.63) is 58.0 Å². The number of thioether (sulfide) groups is 1. The Morgan fingerprint density at radius 3 is 2.47 bits per heavy atom. The molecule has 0 spiro atoms. The number of imide groups is 1. The second kappa shape index (κ2) is 10.6. The van der Waals surface area contributed by atoms with E-state index in [1.807, 2.05) is 50.2 Å². The Labute approximate surface area is 194 Å². The van der Waals surface area contributed by atoms with E-state index in [0.717, 1.165) is 53.0 Å². The van der Waals surface area contributed by atoms with E-state index in [1.54, 1.807) is 13.2 Å². The van der Waals surface area contributed by atoms with Crippen molar-refractivity contribution in [1.29, 1.82) is 0 Å². The lowest BCUT2D eigenvalue weighted by molar-refractivity contribution is -0.123. The van der Waals surface area contributed by atoms with Crippen molar-refractivity contribution in [2.75, 3.05) is 38.3 Å². The molecule has 1 aliphatic rings. The molecule has 0 bridgehead atoms. The molecule has 6 nitrogen and oxygen atoms in total. The largest absolute Gasteiger partial charge is 0.496 e. The van der Waals surface area contributed by atoms with Gasteiger partial charge in [0.25, 0.3) is 11.1 Å². The van der Waals surface area contributed by atoms with Crippen LogP contribution in [-0.4, -0.2) is 49.4 Å². The van der Waals surface area contributed by atoms with Crippen molar-refractivity contribution in [2.24, 2.45) is 0 Å². The summed E-state index contributed by atoms with van der Waals surface area (Å²) in [6, 6.07) is 11.9. The molecule has 170 valence electrons. The van der Waals surface area contributed by atoms with Gasteiger partial charge in [-0.15, -0.1) is 0 Å². The topological polar surface area (TPSA) is 59.1 Å². The number of nitrogens with zero attached hydrogens (tertiary/aromatic N) is 2. The minimum atomic E-state index is -0.306. The molecule has 2 aromatic rings. The van der Waals surface area contributed by atoms with Gasteiger partial charge in [0.2, 0.25) is 0 Å². The summed E-state index contributed by atoms with van der Waals surface area (Å²) < 4.78 is 11.4. The highest BCUT2D eigenvalue weighted by Gasteiger charge is 2.35. The number of hydrogen-bond donors (Lipinski definition) is 0. The van der Waals surface area contributed by atoms with E-state index in [4.69, 9.17) is 9.47 Å². The Bertz CT molecular complexity index is 1030. The van der Waals surface area contributed by atoms with Gasteiger partial charge in [-0.2, -0.15) is 0 Å². The predicted molar refractivity (Wildman–Crippen MR) is 131 cm³/mol. The predicted octanol–water partition coefficient (Wildman–Crippen LogP) is 5.27. The van der Waals surface area contributed by atoms with Crippen molar-refractivity contribution in [1.82, 2.24) is 4.90 Å². The van der Waals surface area contributed by atoms with Gasteiger partial charge in [-0.3, -0.25) is 14.5 Å². The number of ether oxygens (including phenoxy) is 2. The molecule has 0 atom stereocenters. The third kappa shape index (κ3) is 5.27. The summed E-state index contributed by atoms with van der Waals surface area (Å²) in [7, 11) is 1.61. The van der Waals surface area contributed by atoms with Gasteiger partial charge in [-0.1, -0.05) is 12.1 Å². The minimum Gasteiger partial charge on any atom is -0.496 e. The van der Waals surface area contributed by atoms with E-state index in [-0.39, 0.29) is 24.3 Å². The van der Waals surface area contributed by atoms with Crippen molar-refractivity contribution in [2.45, 2.75) is 27.7 Å². The van der Waals surface area contributed by atoms with Crippen LogP contribution < -0.4 is 14.4 Å². The zero-order valence-corrected chi connectivity index (χ0v) is 20.1. The number of amides is 2. The quantitative estimate of drug-likeness (QED) is 0.481. The van der Waals surface area contributed by atoms with Crippen LogP contribution in [-0.2, 0) is 4.79 Å². The standard InChI is InChI=1S/C25H30N2O4S/c1-6-26(7-2)20-11-10-19(22(16-20)30-5)15-23-24(28)27(25(29)32-23)12-13-31-21-14-17(3)8-9-18(21)4/h8-11,14-16H,6-7,12-13H2,1-5H3/b23-15-. The molecule has 1 saturated heterocycles. The van der Waals surface area contributed by atoms with E-state index in [0.29, 0.717) is 10.7 Å². The molecule has 1 fully saturated rings. The molecule has 1 aliphatic heterocycles. The Morgan fingerprint density at radius 2 is 1.78 bits per heavy atom. The van der Waals surface area contributed by atoms with Gasteiger partial charge < -0.3 is 14.4 Å². The molecule has 2 aromatic carbocycles. The van der Waals surface area contributed by atoms with Gasteiger partial charge in [-0.25, -0.2) is 0 Å². The number of aryl methyl sites for hydroxylation is 2. The van der Waals surface area contributed by atoms with Crippen LogP contribution in [0.3, 0.4) is 0 Å². The van der Waals surface area contributed by atoms with Crippen molar-refractivity contribution in [3.8, 4) is 11.5 Å². The summed E-state index contributed by atoms with van der Waals surface area (Å²) in [6.45, 7) is 10.4. The van der Waals surface area contributed by atoms with Gasteiger partial charge in [0.1, 0.15) is 18.1 Å². The number of hydrogen-bond acceptors (Lipinski definition) is 6. The smallest absolute Gasteiger partial charge is 0.293 e. The molecule has 2 amide bonds. The van der Waals surface area contributed by atoms with Crippen LogP contribution in [0.25, 0.3) is 6.08 Å².